The van der Waals surface area contributed by atoms with Crippen molar-refractivity contribution in [3.8, 4) is 5.75 Å². The molecule has 3 nitrogen and oxygen atoms in total. The number of benzene rings is 2. The number of rotatable bonds is 4. The van der Waals surface area contributed by atoms with Gasteiger partial charge in [-0.1, -0.05) is 41.9 Å². The summed E-state index contributed by atoms with van der Waals surface area (Å²) in [5.41, 5.74) is 1.25. The molecule has 0 aliphatic carbocycles. The van der Waals surface area contributed by atoms with Gasteiger partial charge in [0.2, 0.25) is 0 Å². The molecule has 3 rings (SSSR count). The summed E-state index contributed by atoms with van der Waals surface area (Å²) in [6, 6.07) is 17.5. The maximum absolute atomic E-state index is 10.2. The van der Waals surface area contributed by atoms with Crippen molar-refractivity contribution < 1.29 is 9.84 Å². The van der Waals surface area contributed by atoms with E-state index in [1.165, 1.54) is 5.56 Å². The van der Waals surface area contributed by atoms with Crippen molar-refractivity contribution in [1.82, 2.24) is 4.90 Å². The van der Waals surface area contributed by atoms with E-state index in [1.54, 1.807) is 12.1 Å². The fourth-order valence-corrected chi connectivity index (χ4v) is 2.73. The molecule has 0 bridgehead atoms. The van der Waals surface area contributed by atoms with E-state index in [0.29, 0.717) is 11.6 Å². The Labute approximate surface area is 129 Å². The number of aliphatic hydroxyl groups is 1. The van der Waals surface area contributed by atoms with Crippen LogP contribution in [0.1, 0.15) is 5.56 Å². The largest absolute Gasteiger partial charge is 0.486 e. The fraction of sp³-hybridized carbons (Fsp3) is 0.294. The Morgan fingerprint density at radius 3 is 2.48 bits per heavy atom. The second-order valence-corrected chi connectivity index (χ2v) is 5.79. The van der Waals surface area contributed by atoms with E-state index in [-0.39, 0.29) is 6.10 Å². The average Bonchev–Trinajstić information content (AvgIpc) is 2.82. The number of halogens is 1. The van der Waals surface area contributed by atoms with Crippen molar-refractivity contribution in [2.24, 2.45) is 0 Å². The second-order valence-electron chi connectivity index (χ2n) is 5.36. The topological polar surface area (TPSA) is 32.7 Å². The zero-order valence-electron chi connectivity index (χ0n) is 11.7. The van der Waals surface area contributed by atoms with Crippen LogP contribution in [0.2, 0.25) is 5.02 Å². The molecule has 21 heavy (non-hydrogen) atoms. The summed E-state index contributed by atoms with van der Waals surface area (Å²) in [7, 11) is 0. The van der Waals surface area contributed by atoms with Gasteiger partial charge in [-0.05, 0) is 29.8 Å². The number of β-amino-alcohol motifs (C(OH)–C–C–N with tert-alkyl or cyclic N) is 1. The minimum Gasteiger partial charge on any atom is -0.486 e. The highest BCUT2D eigenvalue weighted by Gasteiger charge is 2.32. The third-order valence-corrected chi connectivity index (χ3v) is 3.91. The minimum absolute atomic E-state index is 0.199. The van der Waals surface area contributed by atoms with Gasteiger partial charge in [0.15, 0.2) is 0 Å². The number of aliphatic hydroxyl groups excluding tert-OH is 1. The average molecular weight is 304 g/mol. The zero-order chi connectivity index (χ0) is 14.7. The number of ether oxygens (including phenoxy) is 1. The number of hydrogen-bond acceptors (Lipinski definition) is 3. The van der Waals surface area contributed by atoms with Gasteiger partial charge in [-0.15, -0.1) is 0 Å². The molecule has 0 aromatic heterocycles. The first kappa shape index (κ1) is 14.4. The molecule has 4 heteroatoms. The third-order valence-electron chi connectivity index (χ3n) is 3.66. The Morgan fingerprint density at radius 1 is 1.05 bits per heavy atom. The van der Waals surface area contributed by atoms with Gasteiger partial charge in [0.1, 0.15) is 18.0 Å². The molecule has 2 unspecified atom stereocenters. The quantitative estimate of drug-likeness (QED) is 0.942. The van der Waals surface area contributed by atoms with Crippen LogP contribution in [0.4, 0.5) is 0 Å². The SMILES string of the molecule is OC1CN(Cc2ccccc2)CC1Oc1ccc(Cl)cc1. The molecule has 0 saturated carbocycles. The predicted molar refractivity (Wildman–Crippen MR) is 83.6 cm³/mol. The first-order valence-corrected chi connectivity index (χ1v) is 7.45. The van der Waals surface area contributed by atoms with Crippen LogP contribution in [0, 0.1) is 0 Å². The van der Waals surface area contributed by atoms with Crippen molar-refractivity contribution in [3.63, 3.8) is 0 Å². The van der Waals surface area contributed by atoms with Gasteiger partial charge in [0.05, 0.1) is 0 Å². The van der Waals surface area contributed by atoms with Gasteiger partial charge < -0.3 is 9.84 Å². The van der Waals surface area contributed by atoms with Crippen molar-refractivity contribution in [3.05, 3.63) is 65.2 Å². The predicted octanol–water partition coefficient (Wildman–Crippen LogP) is 2.96. The summed E-state index contributed by atoms with van der Waals surface area (Å²) in [6.07, 6.45) is -0.667. The lowest BCUT2D eigenvalue weighted by Crippen LogP contribution is -2.29. The molecular weight excluding hydrogens is 286 g/mol. The van der Waals surface area contributed by atoms with Crippen LogP contribution in [0.5, 0.6) is 5.75 Å². The van der Waals surface area contributed by atoms with E-state index in [9.17, 15) is 5.11 Å². The lowest BCUT2D eigenvalue weighted by atomic mass is 10.2. The first-order chi connectivity index (χ1) is 10.2. The summed E-state index contributed by atoms with van der Waals surface area (Å²) in [5, 5.41) is 10.8. The van der Waals surface area contributed by atoms with Crippen LogP contribution >= 0.6 is 11.6 Å². The van der Waals surface area contributed by atoms with E-state index in [2.05, 4.69) is 17.0 Å². The van der Waals surface area contributed by atoms with Crippen LogP contribution < -0.4 is 4.74 Å². The molecule has 0 spiro atoms. The maximum atomic E-state index is 10.2. The molecule has 1 N–H and O–H groups in total. The fourth-order valence-electron chi connectivity index (χ4n) is 2.61. The van der Waals surface area contributed by atoms with Crippen LogP contribution in [0.3, 0.4) is 0 Å². The van der Waals surface area contributed by atoms with Gasteiger partial charge in [-0.25, -0.2) is 0 Å². The highest BCUT2D eigenvalue weighted by Crippen LogP contribution is 2.22. The summed E-state index contributed by atoms with van der Waals surface area (Å²) in [4.78, 5) is 2.21. The van der Waals surface area contributed by atoms with Crippen LogP contribution in [-0.4, -0.2) is 35.3 Å². The molecule has 0 amide bonds. The van der Waals surface area contributed by atoms with Gasteiger partial charge in [-0.3, -0.25) is 4.90 Å². The van der Waals surface area contributed by atoms with Crippen LogP contribution in [0.15, 0.2) is 54.6 Å². The first-order valence-electron chi connectivity index (χ1n) is 7.07. The third kappa shape index (κ3) is 3.76. The van der Waals surface area contributed by atoms with E-state index >= 15 is 0 Å². The molecule has 1 aliphatic heterocycles. The van der Waals surface area contributed by atoms with E-state index < -0.39 is 6.10 Å². The lowest BCUT2D eigenvalue weighted by Gasteiger charge is -2.17. The number of likely N-dealkylation sites (tertiary alicyclic amines) is 1. The summed E-state index contributed by atoms with van der Waals surface area (Å²) in [6.45, 7) is 2.18. The Balaban J connectivity index is 1.59. The van der Waals surface area contributed by atoms with Gasteiger partial charge in [-0.2, -0.15) is 0 Å². The van der Waals surface area contributed by atoms with E-state index in [1.807, 2.05) is 30.3 Å². The molecule has 1 fully saturated rings. The molecule has 1 aliphatic rings. The van der Waals surface area contributed by atoms with Gasteiger partial charge >= 0.3 is 0 Å². The summed E-state index contributed by atoms with van der Waals surface area (Å²) in [5.74, 6) is 0.741. The highest BCUT2D eigenvalue weighted by molar-refractivity contribution is 6.30. The van der Waals surface area contributed by atoms with Crippen LogP contribution in [-0.2, 0) is 6.54 Å². The molecule has 1 saturated heterocycles. The Kier molecular flexibility index (Phi) is 4.44. The maximum Gasteiger partial charge on any atom is 0.138 e. The molecule has 0 radical (unpaired) electrons. The molecule has 1 heterocycles. The highest BCUT2D eigenvalue weighted by atomic mass is 35.5. The monoisotopic (exact) mass is 303 g/mol. The Bertz CT molecular complexity index is 573. The molecule has 2 aromatic carbocycles. The van der Waals surface area contributed by atoms with Crippen LogP contribution in [0.25, 0.3) is 0 Å². The smallest absolute Gasteiger partial charge is 0.138 e. The molecule has 110 valence electrons. The standard InChI is InChI=1S/C17H18ClNO2/c18-14-6-8-15(9-7-14)21-17-12-19(11-16(17)20)10-13-4-2-1-3-5-13/h1-9,16-17,20H,10-12H2. The van der Waals surface area contributed by atoms with E-state index in [0.717, 1.165) is 18.8 Å². The Morgan fingerprint density at radius 2 is 1.76 bits per heavy atom. The van der Waals surface area contributed by atoms with Crippen molar-refractivity contribution in [2.45, 2.75) is 18.8 Å². The molecular formula is C17H18ClNO2. The van der Waals surface area contributed by atoms with Gasteiger partial charge in [0, 0.05) is 24.7 Å². The van der Waals surface area contributed by atoms with Crippen molar-refractivity contribution in [2.75, 3.05) is 13.1 Å². The zero-order valence-corrected chi connectivity index (χ0v) is 12.4. The van der Waals surface area contributed by atoms with Crippen molar-refractivity contribution in [1.29, 1.82) is 0 Å². The molecule has 2 atom stereocenters. The lowest BCUT2D eigenvalue weighted by molar-refractivity contribution is 0.0737. The van der Waals surface area contributed by atoms with Crippen molar-refractivity contribution >= 4 is 11.6 Å². The summed E-state index contributed by atoms with van der Waals surface area (Å²) < 4.78 is 5.86. The van der Waals surface area contributed by atoms with Gasteiger partial charge in [0.25, 0.3) is 0 Å². The minimum atomic E-state index is -0.468. The number of nitrogens with zero attached hydrogens (tertiary/aromatic N) is 1. The summed E-state index contributed by atoms with van der Waals surface area (Å²) >= 11 is 5.86. The Hall–Kier alpha value is -1.55. The normalized spacial score (nSPS) is 22.4. The molecule has 2 aromatic rings. The second kappa shape index (κ2) is 6.48. The van der Waals surface area contributed by atoms with E-state index in [4.69, 9.17) is 16.3 Å². The number of hydrogen-bond donors (Lipinski definition) is 1.